The van der Waals surface area contributed by atoms with Crippen LogP contribution in [-0.2, 0) is 0 Å². The van der Waals surface area contributed by atoms with E-state index in [1.165, 1.54) is 5.56 Å². The van der Waals surface area contributed by atoms with Gasteiger partial charge in [-0.05, 0) is 25.0 Å². The van der Waals surface area contributed by atoms with Gasteiger partial charge in [-0.1, -0.05) is 12.2 Å². The van der Waals surface area contributed by atoms with Gasteiger partial charge in [0.1, 0.15) is 5.82 Å². The molecule has 0 aromatic carbocycles. The average molecular weight is 260 g/mol. The number of hydrogen-bond donors (Lipinski definition) is 1. The fraction of sp³-hybridized carbons (Fsp3) is 0.364. The first-order chi connectivity index (χ1) is 6.80. The third-order valence-corrected chi connectivity index (χ3v) is 2.96. The normalized spacial score (nSPS) is 19.2. The first-order valence-electron chi connectivity index (χ1n) is 4.98. The van der Waals surface area contributed by atoms with Crippen molar-refractivity contribution in [3.63, 3.8) is 0 Å². The van der Waals surface area contributed by atoms with Crippen LogP contribution in [0.25, 0.3) is 6.08 Å². The summed E-state index contributed by atoms with van der Waals surface area (Å²) in [6.07, 6.45) is 8.26. The molecular formula is C11H15Cl2N3. The minimum Gasteiger partial charge on any atom is -0.334 e. The number of halogens is 2. The monoisotopic (exact) mass is 259 g/mol. The van der Waals surface area contributed by atoms with Gasteiger partial charge in [0.05, 0.1) is 5.66 Å². The number of anilines is 1. The van der Waals surface area contributed by atoms with Crippen LogP contribution in [-0.4, -0.2) is 17.2 Å². The van der Waals surface area contributed by atoms with Gasteiger partial charge in [0.2, 0.25) is 0 Å². The highest BCUT2D eigenvalue weighted by Crippen LogP contribution is 2.40. The van der Waals surface area contributed by atoms with Crippen molar-refractivity contribution in [3.8, 4) is 0 Å². The summed E-state index contributed by atoms with van der Waals surface area (Å²) in [4.78, 5) is 6.61. The van der Waals surface area contributed by atoms with Crippen molar-refractivity contribution in [1.82, 2.24) is 4.98 Å². The Morgan fingerprint density at radius 1 is 1.31 bits per heavy atom. The predicted octanol–water partition coefficient (Wildman–Crippen LogP) is 2.21. The Morgan fingerprint density at radius 3 is 2.75 bits per heavy atom. The molecule has 2 N–H and O–H groups in total. The SMILES string of the molecule is Cl.Cl.NC1(N2CC=Cc3cccnc32)CC1. The number of hydrogen-bond acceptors (Lipinski definition) is 3. The smallest absolute Gasteiger partial charge is 0.137 e. The molecule has 0 unspecified atom stereocenters. The molecule has 0 bridgehead atoms. The number of aromatic nitrogens is 1. The first kappa shape index (κ1) is 13.3. The molecule has 1 saturated carbocycles. The fourth-order valence-corrected chi connectivity index (χ4v) is 1.93. The van der Waals surface area contributed by atoms with Crippen LogP contribution in [0.4, 0.5) is 5.82 Å². The van der Waals surface area contributed by atoms with Crippen molar-refractivity contribution < 1.29 is 0 Å². The van der Waals surface area contributed by atoms with Crippen LogP contribution in [0.2, 0.25) is 0 Å². The summed E-state index contributed by atoms with van der Waals surface area (Å²) >= 11 is 0. The van der Waals surface area contributed by atoms with E-state index in [1.807, 2.05) is 12.3 Å². The van der Waals surface area contributed by atoms with Crippen LogP contribution >= 0.6 is 24.8 Å². The van der Waals surface area contributed by atoms with Gasteiger partial charge in [0.15, 0.2) is 0 Å². The van der Waals surface area contributed by atoms with Crippen molar-refractivity contribution in [2.45, 2.75) is 18.5 Å². The predicted molar refractivity (Wildman–Crippen MR) is 71.3 cm³/mol. The van der Waals surface area contributed by atoms with Crippen molar-refractivity contribution in [1.29, 1.82) is 0 Å². The lowest BCUT2D eigenvalue weighted by Crippen LogP contribution is -2.46. The van der Waals surface area contributed by atoms with Crippen LogP contribution in [0.1, 0.15) is 18.4 Å². The van der Waals surface area contributed by atoms with E-state index < -0.39 is 0 Å². The zero-order valence-corrected chi connectivity index (χ0v) is 10.4. The summed E-state index contributed by atoms with van der Waals surface area (Å²) in [5.41, 5.74) is 7.25. The van der Waals surface area contributed by atoms with Gasteiger partial charge in [-0.2, -0.15) is 0 Å². The third-order valence-electron chi connectivity index (χ3n) is 2.96. The zero-order valence-electron chi connectivity index (χ0n) is 8.80. The van der Waals surface area contributed by atoms with Gasteiger partial charge in [-0.15, -0.1) is 24.8 Å². The molecule has 0 atom stereocenters. The Bertz CT molecular complexity index is 402. The summed E-state index contributed by atoms with van der Waals surface area (Å²) in [5.74, 6) is 1.04. The highest BCUT2D eigenvalue weighted by atomic mass is 35.5. The van der Waals surface area contributed by atoms with Gasteiger partial charge in [-0.25, -0.2) is 4.98 Å². The minimum atomic E-state index is -0.117. The van der Waals surface area contributed by atoms with Gasteiger partial charge in [0, 0.05) is 18.3 Å². The van der Waals surface area contributed by atoms with Crippen molar-refractivity contribution in [2.75, 3.05) is 11.4 Å². The van der Waals surface area contributed by atoms with Crippen LogP contribution in [0.3, 0.4) is 0 Å². The average Bonchev–Trinajstić information content (AvgIpc) is 2.97. The molecule has 1 aliphatic heterocycles. The fourth-order valence-electron chi connectivity index (χ4n) is 1.93. The van der Waals surface area contributed by atoms with E-state index >= 15 is 0 Å². The Balaban J connectivity index is 0.000000640. The summed E-state index contributed by atoms with van der Waals surface area (Å²) in [7, 11) is 0. The van der Waals surface area contributed by atoms with Gasteiger partial charge in [-0.3, -0.25) is 0 Å². The number of rotatable bonds is 1. The number of nitrogens with two attached hydrogens (primary N) is 1. The summed E-state index contributed by atoms with van der Waals surface area (Å²) < 4.78 is 0. The summed E-state index contributed by atoms with van der Waals surface area (Å²) in [5, 5.41) is 0. The van der Waals surface area contributed by atoms with E-state index in [0.29, 0.717) is 0 Å². The second-order valence-corrected chi connectivity index (χ2v) is 4.03. The Hall–Kier alpha value is -0.770. The van der Waals surface area contributed by atoms with Crippen molar-refractivity contribution in [3.05, 3.63) is 30.0 Å². The lowest BCUT2D eigenvalue weighted by molar-refractivity contribution is 0.623. The van der Waals surface area contributed by atoms with E-state index in [4.69, 9.17) is 5.73 Å². The maximum atomic E-state index is 6.19. The van der Waals surface area contributed by atoms with E-state index in [0.717, 1.165) is 25.2 Å². The lowest BCUT2D eigenvalue weighted by Gasteiger charge is -2.32. The highest BCUT2D eigenvalue weighted by molar-refractivity contribution is 5.85. The van der Waals surface area contributed by atoms with Gasteiger partial charge in [0.25, 0.3) is 0 Å². The van der Waals surface area contributed by atoms with E-state index in [2.05, 4.69) is 28.1 Å². The molecule has 1 aromatic rings. The molecule has 0 spiro atoms. The summed E-state index contributed by atoms with van der Waals surface area (Å²) in [6, 6.07) is 4.04. The van der Waals surface area contributed by atoms with Gasteiger partial charge < -0.3 is 10.6 Å². The third kappa shape index (κ3) is 2.03. The van der Waals surface area contributed by atoms with Crippen molar-refractivity contribution in [2.24, 2.45) is 5.73 Å². The lowest BCUT2D eigenvalue weighted by atomic mass is 10.1. The molecule has 2 aliphatic rings. The Morgan fingerprint density at radius 2 is 2.06 bits per heavy atom. The van der Waals surface area contributed by atoms with Crippen LogP contribution in [0.15, 0.2) is 24.4 Å². The van der Waals surface area contributed by atoms with E-state index in [-0.39, 0.29) is 30.5 Å². The van der Waals surface area contributed by atoms with Crippen LogP contribution in [0.5, 0.6) is 0 Å². The van der Waals surface area contributed by atoms with E-state index in [1.54, 1.807) is 0 Å². The topological polar surface area (TPSA) is 42.1 Å². The molecule has 1 aliphatic carbocycles. The number of nitrogens with zero attached hydrogens (tertiary/aromatic N) is 2. The molecular weight excluding hydrogens is 245 g/mol. The van der Waals surface area contributed by atoms with Crippen LogP contribution in [0, 0.1) is 0 Å². The van der Waals surface area contributed by atoms with Gasteiger partial charge >= 0.3 is 0 Å². The van der Waals surface area contributed by atoms with Crippen molar-refractivity contribution >= 4 is 36.7 Å². The largest absolute Gasteiger partial charge is 0.334 e. The molecule has 3 nitrogen and oxygen atoms in total. The molecule has 0 radical (unpaired) electrons. The zero-order chi connectivity index (χ0) is 9.60. The maximum absolute atomic E-state index is 6.19. The molecule has 0 amide bonds. The molecule has 88 valence electrons. The number of pyridine rings is 1. The second-order valence-electron chi connectivity index (χ2n) is 4.03. The first-order valence-corrected chi connectivity index (χ1v) is 4.98. The molecule has 1 aromatic heterocycles. The summed E-state index contributed by atoms with van der Waals surface area (Å²) in [6.45, 7) is 0.889. The van der Waals surface area contributed by atoms with Crippen LogP contribution < -0.4 is 10.6 Å². The molecule has 0 saturated heterocycles. The quantitative estimate of drug-likeness (QED) is 0.841. The van der Waals surface area contributed by atoms with E-state index in [9.17, 15) is 0 Å². The Kier molecular flexibility index (Phi) is 3.84. The standard InChI is InChI=1S/C11H13N3.2ClH/c12-11(5-6-11)14-8-2-4-9-3-1-7-13-10(9)14;;/h1-4,7H,5-6,8,12H2;2*1H. The highest BCUT2D eigenvalue weighted by Gasteiger charge is 2.45. The minimum absolute atomic E-state index is 0. The number of fused-ring (bicyclic) bond motifs is 1. The Labute approximate surface area is 108 Å². The second kappa shape index (κ2) is 4.62. The molecule has 16 heavy (non-hydrogen) atoms. The molecule has 5 heteroatoms. The molecule has 2 heterocycles. The molecule has 3 rings (SSSR count). The molecule has 1 fully saturated rings. The maximum Gasteiger partial charge on any atom is 0.137 e.